The molecule has 1 aliphatic rings. The number of hydrogen-bond donors (Lipinski definition) is 2. The molecule has 0 bridgehead atoms. The SMILES string of the molecule is CSc1ccccc1OCC1(CC(N)=NO)CC1. The van der Waals surface area contributed by atoms with E-state index < -0.39 is 0 Å². The summed E-state index contributed by atoms with van der Waals surface area (Å²) < 4.78 is 5.89. The lowest BCUT2D eigenvalue weighted by Crippen LogP contribution is -2.22. The summed E-state index contributed by atoms with van der Waals surface area (Å²) in [6.45, 7) is 0.626. The molecule has 98 valence electrons. The van der Waals surface area contributed by atoms with E-state index in [1.165, 1.54) is 0 Å². The van der Waals surface area contributed by atoms with Crippen molar-refractivity contribution >= 4 is 17.6 Å². The number of thioether (sulfide) groups is 1. The molecule has 1 aromatic carbocycles. The Morgan fingerprint density at radius 1 is 1.50 bits per heavy atom. The number of nitrogens with two attached hydrogens (primary N) is 1. The first-order valence-electron chi connectivity index (χ1n) is 5.91. The maximum atomic E-state index is 8.61. The van der Waals surface area contributed by atoms with Gasteiger partial charge in [-0.25, -0.2) is 0 Å². The predicted octanol–water partition coefficient (Wildman–Crippen LogP) is 2.70. The molecule has 1 fully saturated rings. The molecule has 3 N–H and O–H groups in total. The van der Waals surface area contributed by atoms with Crippen molar-refractivity contribution < 1.29 is 9.94 Å². The standard InChI is InChI=1S/C13H18N2O2S/c1-18-11-5-3-2-4-10(11)17-9-13(6-7-13)8-12(14)15-16/h2-5,16H,6-9H2,1H3,(H2,14,15). The highest BCUT2D eigenvalue weighted by Crippen LogP contribution is 2.49. The van der Waals surface area contributed by atoms with E-state index in [2.05, 4.69) is 5.16 Å². The van der Waals surface area contributed by atoms with Crippen LogP contribution in [0.25, 0.3) is 0 Å². The summed E-state index contributed by atoms with van der Waals surface area (Å²) in [5.74, 6) is 1.20. The van der Waals surface area contributed by atoms with Gasteiger partial charge >= 0.3 is 0 Å². The molecule has 0 saturated heterocycles. The Morgan fingerprint density at radius 3 is 2.83 bits per heavy atom. The average Bonchev–Trinajstić information content (AvgIpc) is 3.16. The third-order valence-electron chi connectivity index (χ3n) is 3.24. The highest BCUT2D eigenvalue weighted by molar-refractivity contribution is 7.98. The highest BCUT2D eigenvalue weighted by Gasteiger charge is 2.44. The maximum Gasteiger partial charge on any atom is 0.139 e. The molecular weight excluding hydrogens is 248 g/mol. The molecule has 4 nitrogen and oxygen atoms in total. The van der Waals surface area contributed by atoms with Crippen molar-refractivity contribution in [2.24, 2.45) is 16.3 Å². The lowest BCUT2D eigenvalue weighted by molar-refractivity contribution is 0.231. The van der Waals surface area contributed by atoms with Gasteiger partial charge in [0.2, 0.25) is 0 Å². The fourth-order valence-corrected chi connectivity index (χ4v) is 2.48. The number of nitrogens with zero attached hydrogens (tertiary/aromatic N) is 1. The van der Waals surface area contributed by atoms with Crippen LogP contribution < -0.4 is 10.5 Å². The first kappa shape index (κ1) is 13.1. The minimum absolute atomic E-state index is 0.0713. The van der Waals surface area contributed by atoms with Crippen LogP contribution in [0.2, 0.25) is 0 Å². The number of amidine groups is 1. The van der Waals surface area contributed by atoms with Crippen LogP contribution in [0.15, 0.2) is 34.3 Å². The number of hydrogen-bond acceptors (Lipinski definition) is 4. The van der Waals surface area contributed by atoms with Gasteiger partial charge in [0.05, 0.1) is 6.61 Å². The van der Waals surface area contributed by atoms with Gasteiger partial charge < -0.3 is 15.7 Å². The second kappa shape index (κ2) is 5.52. The maximum absolute atomic E-state index is 8.61. The molecule has 0 aliphatic heterocycles. The molecule has 0 atom stereocenters. The Morgan fingerprint density at radius 2 is 2.22 bits per heavy atom. The molecule has 18 heavy (non-hydrogen) atoms. The summed E-state index contributed by atoms with van der Waals surface area (Å²) in [5, 5.41) is 11.6. The predicted molar refractivity (Wildman–Crippen MR) is 73.4 cm³/mol. The third kappa shape index (κ3) is 3.10. The fraction of sp³-hybridized carbons (Fsp3) is 0.462. The normalized spacial score (nSPS) is 17.5. The Bertz CT molecular complexity index is 444. The van der Waals surface area contributed by atoms with Crippen molar-refractivity contribution in [3.8, 4) is 5.75 Å². The van der Waals surface area contributed by atoms with Gasteiger partial charge in [-0.05, 0) is 31.2 Å². The van der Waals surface area contributed by atoms with Crippen molar-refractivity contribution in [1.29, 1.82) is 0 Å². The van der Waals surface area contributed by atoms with Crippen LogP contribution in [0, 0.1) is 5.41 Å². The monoisotopic (exact) mass is 266 g/mol. The van der Waals surface area contributed by atoms with Gasteiger partial charge in [-0.1, -0.05) is 17.3 Å². The van der Waals surface area contributed by atoms with Crippen LogP contribution in [0.4, 0.5) is 0 Å². The minimum atomic E-state index is 0.0713. The molecule has 0 spiro atoms. The number of ether oxygens (including phenoxy) is 1. The summed E-state index contributed by atoms with van der Waals surface area (Å²) in [7, 11) is 0. The molecule has 1 aromatic rings. The van der Waals surface area contributed by atoms with Gasteiger partial charge in [-0.3, -0.25) is 0 Å². The fourth-order valence-electron chi connectivity index (χ4n) is 1.94. The highest BCUT2D eigenvalue weighted by atomic mass is 32.2. The molecule has 2 rings (SSSR count). The quantitative estimate of drug-likeness (QED) is 0.273. The van der Waals surface area contributed by atoms with E-state index in [-0.39, 0.29) is 11.3 Å². The van der Waals surface area contributed by atoms with Crippen LogP contribution in [0.3, 0.4) is 0 Å². The molecule has 0 unspecified atom stereocenters. The van der Waals surface area contributed by atoms with Gasteiger partial charge in [-0.15, -0.1) is 11.8 Å². The summed E-state index contributed by atoms with van der Waals surface area (Å²) in [4.78, 5) is 1.14. The largest absolute Gasteiger partial charge is 0.492 e. The Labute approximate surface area is 111 Å². The molecule has 0 heterocycles. The zero-order valence-electron chi connectivity index (χ0n) is 10.4. The zero-order valence-corrected chi connectivity index (χ0v) is 11.2. The van der Waals surface area contributed by atoms with Crippen LogP contribution in [-0.4, -0.2) is 23.9 Å². The molecule has 0 amide bonds. The van der Waals surface area contributed by atoms with Gasteiger partial charge in [0.15, 0.2) is 0 Å². The topological polar surface area (TPSA) is 67.8 Å². The van der Waals surface area contributed by atoms with E-state index in [9.17, 15) is 0 Å². The third-order valence-corrected chi connectivity index (χ3v) is 4.02. The van der Waals surface area contributed by atoms with Gasteiger partial charge in [0.25, 0.3) is 0 Å². The molecule has 0 radical (unpaired) electrons. The van der Waals surface area contributed by atoms with Crippen molar-refractivity contribution in [3.63, 3.8) is 0 Å². The van der Waals surface area contributed by atoms with Crippen LogP contribution in [-0.2, 0) is 0 Å². The molecule has 1 saturated carbocycles. The van der Waals surface area contributed by atoms with Crippen LogP contribution in [0.1, 0.15) is 19.3 Å². The summed E-state index contributed by atoms with van der Waals surface area (Å²) in [6, 6.07) is 7.99. The second-order valence-electron chi connectivity index (χ2n) is 4.71. The Kier molecular flexibility index (Phi) is 4.01. The van der Waals surface area contributed by atoms with E-state index in [1.807, 2.05) is 30.5 Å². The Hall–Kier alpha value is -1.36. The second-order valence-corrected chi connectivity index (χ2v) is 5.56. The molecule has 1 aliphatic carbocycles. The summed E-state index contributed by atoms with van der Waals surface area (Å²) in [5.41, 5.74) is 5.64. The summed E-state index contributed by atoms with van der Waals surface area (Å²) >= 11 is 1.67. The van der Waals surface area contributed by atoms with Crippen molar-refractivity contribution in [2.45, 2.75) is 24.2 Å². The van der Waals surface area contributed by atoms with E-state index in [4.69, 9.17) is 15.7 Å². The molecule has 5 heteroatoms. The smallest absolute Gasteiger partial charge is 0.139 e. The van der Waals surface area contributed by atoms with Crippen molar-refractivity contribution in [3.05, 3.63) is 24.3 Å². The lowest BCUT2D eigenvalue weighted by atomic mass is 10.0. The van der Waals surface area contributed by atoms with Crippen LogP contribution >= 0.6 is 11.8 Å². The Balaban J connectivity index is 1.95. The molecular formula is C13H18N2O2S. The zero-order chi connectivity index (χ0) is 13.0. The number of benzene rings is 1. The minimum Gasteiger partial charge on any atom is -0.492 e. The van der Waals surface area contributed by atoms with Crippen molar-refractivity contribution in [1.82, 2.24) is 0 Å². The van der Waals surface area contributed by atoms with E-state index in [0.717, 1.165) is 23.5 Å². The van der Waals surface area contributed by atoms with Crippen molar-refractivity contribution in [2.75, 3.05) is 12.9 Å². The van der Waals surface area contributed by atoms with E-state index in [1.54, 1.807) is 11.8 Å². The van der Waals surface area contributed by atoms with Gasteiger partial charge in [-0.2, -0.15) is 0 Å². The van der Waals surface area contributed by atoms with E-state index in [0.29, 0.717) is 13.0 Å². The number of oxime groups is 1. The lowest BCUT2D eigenvalue weighted by Gasteiger charge is -2.16. The van der Waals surface area contributed by atoms with Crippen LogP contribution in [0.5, 0.6) is 5.75 Å². The summed E-state index contributed by atoms with van der Waals surface area (Å²) in [6.07, 6.45) is 4.78. The first-order chi connectivity index (χ1) is 8.69. The average molecular weight is 266 g/mol. The van der Waals surface area contributed by atoms with Gasteiger partial charge in [0, 0.05) is 16.7 Å². The van der Waals surface area contributed by atoms with E-state index >= 15 is 0 Å². The number of rotatable bonds is 6. The first-order valence-corrected chi connectivity index (χ1v) is 7.14. The number of para-hydroxylation sites is 1. The molecule has 0 aromatic heterocycles. The van der Waals surface area contributed by atoms with Gasteiger partial charge in [0.1, 0.15) is 11.6 Å².